The van der Waals surface area contributed by atoms with Crippen LogP contribution in [0, 0.1) is 5.41 Å². The molecule has 4 nitrogen and oxygen atoms in total. The van der Waals surface area contributed by atoms with Crippen molar-refractivity contribution in [1.82, 2.24) is 0 Å². The number of hydrogen-bond donors (Lipinski definition) is 0. The fourth-order valence-electron chi connectivity index (χ4n) is 3.45. The van der Waals surface area contributed by atoms with Crippen molar-refractivity contribution >= 4 is 27.5 Å². The highest BCUT2D eigenvalue weighted by atomic mass is 32.2. The summed E-state index contributed by atoms with van der Waals surface area (Å²) in [4.78, 5) is 6.15. The number of fused-ring (bicyclic) bond motifs is 1. The minimum absolute atomic E-state index is 0.00863. The fourth-order valence-corrected chi connectivity index (χ4v) is 4.95. The smallest absolute Gasteiger partial charge is 0.217 e. The second-order valence-corrected chi connectivity index (χ2v) is 9.60. The van der Waals surface area contributed by atoms with E-state index in [9.17, 15) is 4.21 Å². The van der Waals surface area contributed by atoms with Crippen molar-refractivity contribution in [2.24, 2.45) is 10.4 Å². The first-order valence-electron chi connectivity index (χ1n) is 9.67. The average molecular weight is 408 g/mol. The van der Waals surface area contributed by atoms with Crippen molar-refractivity contribution in [2.75, 3.05) is 13.7 Å². The van der Waals surface area contributed by atoms with Crippen LogP contribution >= 0.6 is 0 Å². The summed E-state index contributed by atoms with van der Waals surface area (Å²) in [6.45, 7) is 6.99. The molecule has 0 N–H and O–H groups in total. The van der Waals surface area contributed by atoms with E-state index in [1.807, 2.05) is 60.7 Å². The van der Waals surface area contributed by atoms with Crippen LogP contribution in [0.1, 0.15) is 26.3 Å². The van der Waals surface area contributed by atoms with Gasteiger partial charge in [-0.2, -0.15) is 0 Å². The molecule has 0 radical (unpaired) electrons. The Balaban J connectivity index is 1.84. The van der Waals surface area contributed by atoms with Crippen LogP contribution in [0.25, 0.3) is 10.8 Å². The van der Waals surface area contributed by atoms with Crippen molar-refractivity contribution in [2.45, 2.75) is 36.6 Å². The first-order chi connectivity index (χ1) is 13.9. The number of aliphatic imine (C=N–C) groups is 1. The molecule has 0 saturated heterocycles. The van der Waals surface area contributed by atoms with E-state index >= 15 is 0 Å². The first-order valence-corrected chi connectivity index (χ1v) is 10.8. The highest BCUT2D eigenvalue weighted by Crippen LogP contribution is 2.35. The van der Waals surface area contributed by atoms with Gasteiger partial charge in [0.25, 0.3) is 0 Å². The molecule has 2 atom stereocenters. The summed E-state index contributed by atoms with van der Waals surface area (Å²) in [5.74, 6) is 1.17. The molecule has 0 fully saturated rings. The third kappa shape index (κ3) is 3.67. The molecule has 3 aromatic rings. The Morgan fingerprint density at radius 1 is 1.03 bits per heavy atom. The topological polar surface area (TPSA) is 47.9 Å². The quantitative estimate of drug-likeness (QED) is 0.597. The van der Waals surface area contributed by atoms with E-state index in [0.717, 1.165) is 16.3 Å². The Morgan fingerprint density at radius 3 is 2.48 bits per heavy atom. The van der Waals surface area contributed by atoms with Crippen LogP contribution in [-0.2, 0) is 15.5 Å². The van der Waals surface area contributed by atoms with Gasteiger partial charge in [-0.05, 0) is 29.0 Å². The van der Waals surface area contributed by atoms with Crippen LogP contribution in [0.2, 0.25) is 0 Å². The molecular formula is C24H25NO3S. The van der Waals surface area contributed by atoms with Crippen molar-refractivity contribution in [3.63, 3.8) is 0 Å². The molecule has 0 bridgehead atoms. The predicted molar refractivity (Wildman–Crippen MR) is 117 cm³/mol. The lowest BCUT2D eigenvalue weighted by Gasteiger charge is -2.21. The molecule has 1 aliphatic rings. The van der Waals surface area contributed by atoms with E-state index in [1.165, 1.54) is 0 Å². The molecule has 0 aromatic heterocycles. The molecule has 1 aliphatic heterocycles. The summed E-state index contributed by atoms with van der Waals surface area (Å²) in [6.07, 6.45) is 0. The van der Waals surface area contributed by atoms with E-state index in [2.05, 4.69) is 20.8 Å². The molecule has 4 rings (SSSR count). The molecule has 0 saturated carbocycles. The van der Waals surface area contributed by atoms with E-state index < -0.39 is 10.8 Å². The molecule has 5 heteroatoms. The molecule has 0 aliphatic carbocycles. The van der Waals surface area contributed by atoms with Crippen LogP contribution in [-0.4, -0.2) is 29.9 Å². The lowest BCUT2D eigenvalue weighted by molar-refractivity contribution is 0.235. The van der Waals surface area contributed by atoms with Gasteiger partial charge in [0, 0.05) is 5.39 Å². The summed E-state index contributed by atoms with van der Waals surface area (Å²) in [5.41, 5.74) is 0.780. The first kappa shape index (κ1) is 19.6. The van der Waals surface area contributed by atoms with Gasteiger partial charge in [-0.15, -0.1) is 0 Å². The fraction of sp³-hybridized carbons (Fsp3) is 0.292. The maximum absolute atomic E-state index is 13.8. The minimum Gasteiger partial charge on any atom is -0.495 e. The van der Waals surface area contributed by atoms with Crippen LogP contribution in [0.4, 0.5) is 0 Å². The van der Waals surface area contributed by atoms with Gasteiger partial charge in [-0.1, -0.05) is 63.2 Å². The Hall–Kier alpha value is -2.66. The maximum atomic E-state index is 13.8. The summed E-state index contributed by atoms with van der Waals surface area (Å²) in [6, 6.07) is 19.5. The van der Waals surface area contributed by atoms with Crippen LogP contribution in [0.5, 0.6) is 5.75 Å². The van der Waals surface area contributed by atoms with Crippen LogP contribution < -0.4 is 4.74 Å². The summed E-state index contributed by atoms with van der Waals surface area (Å²) < 4.78 is 25.3. The zero-order valence-electron chi connectivity index (χ0n) is 17.1. The lowest BCUT2D eigenvalue weighted by Crippen LogP contribution is -2.25. The van der Waals surface area contributed by atoms with E-state index in [-0.39, 0.29) is 11.5 Å². The summed E-state index contributed by atoms with van der Waals surface area (Å²) in [5, 5.41) is 1.94. The molecule has 0 amide bonds. The normalized spacial score (nSPS) is 17.7. The van der Waals surface area contributed by atoms with Gasteiger partial charge in [-0.25, -0.2) is 9.20 Å². The number of methoxy groups -OCH3 is 1. The molecular weight excluding hydrogens is 382 g/mol. The Labute approximate surface area is 174 Å². The molecule has 0 spiro atoms. The minimum atomic E-state index is -1.46. The summed E-state index contributed by atoms with van der Waals surface area (Å²) >= 11 is 0. The predicted octanol–water partition coefficient (Wildman–Crippen LogP) is 5.21. The molecule has 1 unspecified atom stereocenters. The van der Waals surface area contributed by atoms with Crippen molar-refractivity contribution in [3.05, 3.63) is 66.2 Å². The lowest BCUT2D eigenvalue weighted by atomic mass is 9.88. The number of nitrogens with zero attached hydrogens (tertiary/aromatic N) is 1. The average Bonchev–Trinajstić information content (AvgIpc) is 3.23. The van der Waals surface area contributed by atoms with Crippen LogP contribution in [0.3, 0.4) is 0 Å². The highest BCUT2D eigenvalue weighted by molar-refractivity contribution is 7.85. The van der Waals surface area contributed by atoms with Gasteiger partial charge >= 0.3 is 0 Å². The number of rotatable bonds is 4. The van der Waals surface area contributed by atoms with Gasteiger partial charge in [0.2, 0.25) is 5.90 Å². The molecule has 1 heterocycles. The number of hydrogen-bond acceptors (Lipinski definition) is 4. The maximum Gasteiger partial charge on any atom is 0.217 e. The van der Waals surface area contributed by atoms with E-state index in [4.69, 9.17) is 14.5 Å². The largest absolute Gasteiger partial charge is 0.495 e. The van der Waals surface area contributed by atoms with Crippen molar-refractivity contribution in [3.8, 4) is 5.75 Å². The van der Waals surface area contributed by atoms with Gasteiger partial charge in [0.1, 0.15) is 12.4 Å². The van der Waals surface area contributed by atoms with Gasteiger partial charge in [-0.3, -0.25) is 0 Å². The number of benzene rings is 3. The van der Waals surface area contributed by atoms with Gasteiger partial charge in [0.05, 0.1) is 39.3 Å². The molecule has 3 aromatic carbocycles. The highest BCUT2D eigenvalue weighted by Gasteiger charge is 2.32. The Kier molecular flexibility index (Phi) is 5.17. The third-order valence-electron chi connectivity index (χ3n) is 5.22. The zero-order chi connectivity index (χ0) is 20.6. The standard InChI is InChI=1S/C24H25NO3S/c1-24(2,3)21-15-28-23(25-21)18-11-7-8-12-20(18)29(26)22-17-10-6-5-9-16(17)13-14-19(22)27-4/h5-14,21H,15H2,1-4H3/t21-,29?/m0/s1. The Bertz CT molecular complexity index is 1110. The van der Waals surface area contributed by atoms with Gasteiger partial charge < -0.3 is 9.47 Å². The van der Waals surface area contributed by atoms with E-state index in [1.54, 1.807) is 7.11 Å². The second-order valence-electron chi connectivity index (χ2n) is 8.21. The Morgan fingerprint density at radius 2 is 1.76 bits per heavy atom. The van der Waals surface area contributed by atoms with Gasteiger partial charge in [0.15, 0.2) is 0 Å². The van der Waals surface area contributed by atoms with Crippen molar-refractivity contribution in [1.29, 1.82) is 0 Å². The number of ether oxygens (including phenoxy) is 2. The molecule has 150 valence electrons. The third-order valence-corrected chi connectivity index (χ3v) is 6.76. The van der Waals surface area contributed by atoms with Crippen molar-refractivity contribution < 1.29 is 13.7 Å². The zero-order valence-corrected chi connectivity index (χ0v) is 18.0. The summed E-state index contributed by atoms with van der Waals surface area (Å²) in [7, 11) is 0.147. The molecule has 29 heavy (non-hydrogen) atoms. The monoisotopic (exact) mass is 407 g/mol. The van der Waals surface area contributed by atoms with Crippen LogP contribution in [0.15, 0.2) is 75.4 Å². The van der Waals surface area contributed by atoms with E-state index in [0.29, 0.717) is 28.0 Å². The SMILES string of the molecule is COc1ccc2ccccc2c1S(=O)c1ccccc1C1=N[C@H](C(C)(C)C)CO1. The second kappa shape index (κ2) is 7.64.